The summed E-state index contributed by atoms with van der Waals surface area (Å²) in [6.07, 6.45) is 3.13. The first-order chi connectivity index (χ1) is 29.7. The Labute approximate surface area is 361 Å². The summed E-state index contributed by atoms with van der Waals surface area (Å²) in [7, 11) is 0. The molecular formula is C44H60N8O10. The second-order valence-corrected chi connectivity index (χ2v) is 16.7. The topological polar surface area (TPSA) is 261 Å². The van der Waals surface area contributed by atoms with E-state index >= 15 is 0 Å². The van der Waals surface area contributed by atoms with Crippen molar-refractivity contribution in [3.8, 4) is 0 Å². The minimum atomic E-state index is -1.51. The van der Waals surface area contributed by atoms with Crippen LogP contribution in [0.15, 0.2) is 60.7 Å². The number of nitrogens with two attached hydrogens (primary N) is 1. The van der Waals surface area contributed by atoms with Gasteiger partial charge in [-0.2, -0.15) is 0 Å². The first-order valence-corrected chi connectivity index (χ1v) is 21.4. The number of carbonyl (C=O) groups excluding carboxylic acids is 7. The van der Waals surface area contributed by atoms with Crippen LogP contribution < -0.4 is 27.0 Å². The molecule has 3 aliphatic rings. The molecule has 2 aromatic carbocycles. The number of amides is 7. The minimum Gasteiger partial charge on any atom is -0.480 e. The fourth-order valence-corrected chi connectivity index (χ4v) is 8.47. The zero-order valence-corrected chi connectivity index (χ0v) is 35.4. The number of benzene rings is 2. The highest BCUT2D eigenvalue weighted by atomic mass is 16.4. The number of hydrogen-bond donors (Lipinski definition) is 7. The molecule has 0 saturated carbocycles. The maximum absolute atomic E-state index is 13.8. The van der Waals surface area contributed by atoms with Crippen molar-refractivity contribution < 1.29 is 48.6 Å². The Bertz CT molecular complexity index is 1920. The smallest absolute Gasteiger partial charge is 0.326 e. The number of hydrogen-bond acceptors (Lipinski definition) is 10. The molecule has 3 aliphatic heterocycles. The van der Waals surface area contributed by atoms with Crippen LogP contribution in [0.25, 0.3) is 0 Å². The Morgan fingerprint density at radius 1 is 0.661 bits per heavy atom. The lowest BCUT2D eigenvalue weighted by molar-refractivity contribution is -0.147. The maximum Gasteiger partial charge on any atom is 0.326 e. The van der Waals surface area contributed by atoms with Crippen LogP contribution in [0.4, 0.5) is 0 Å². The van der Waals surface area contributed by atoms with Gasteiger partial charge in [0.1, 0.15) is 36.3 Å². The molecule has 62 heavy (non-hydrogen) atoms. The summed E-state index contributed by atoms with van der Waals surface area (Å²) in [6.45, 7) is 3.39. The van der Waals surface area contributed by atoms with Crippen molar-refractivity contribution in [3.63, 3.8) is 0 Å². The van der Waals surface area contributed by atoms with Gasteiger partial charge in [0.2, 0.25) is 41.4 Å². The lowest BCUT2D eigenvalue weighted by atomic mass is 10.0. The van der Waals surface area contributed by atoms with Crippen molar-refractivity contribution in [2.75, 3.05) is 32.8 Å². The molecule has 2 aromatic rings. The monoisotopic (exact) mass is 860 g/mol. The van der Waals surface area contributed by atoms with Crippen molar-refractivity contribution in [3.05, 3.63) is 71.8 Å². The molecule has 3 fully saturated rings. The highest BCUT2D eigenvalue weighted by Crippen LogP contribution is 2.26. The second kappa shape index (κ2) is 22.3. The predicted octanol–water partition coefficient (Wildman–Crippen LogP) is -0.534. The number of carbonyl (C=O) groups is 8. The molecule has 0 aliphatic carbocycles. The average molecular weight is 861 g/mol. The molecule has 18 nitrogen and oxygen atoms in total. The van der Waals surface area contributed by atoms with Gasteiger partial charge in [-0.1, -0.05) is 74.5 Å². The van der Waals surface area contributed by atoms with E-state index < -0.39 is 90.9 Å². The van der Waals surface area contributed by atoms with Gasteiger partial charge >= 0.3 is 5.97 Å². The second-order valence-electron chi connectivity index (χ2n) is 16.7. The van der Waals surface area contributed by atoms with Gasteiger partial charge in [-0.25, -0.2) is 4.79 Å². The van der Waals surface area contributed by atoms with Crippen LogP contribution in [-0.4, -0.2) is 147 Å². The summed E-state index contributed by atoms with van der Waals surface area (Å²) in [5, 5.41) is 30.4. The van der Waals surface area contributed by atoms with Gasteiger partial charge in [0.25, 0.3) is 0 Å². The van der Waals surface area contributed by atoms with Crippen molar-refractivity contribution in [1.82, 2.24) is 36.0 Å². The first-order valence-electron chi connectivity index (χ1n) is 21.4. The van der Waals surface area contributed by atoms with E-state index in [1.54, 1.807) is 60.7 Å². The molecule has 3 saturated heterocycles. The summed E-state index contributed by atoms with van der Waals surface area (Å²) >= 11 is 0. The number of aliphatic hydroxyl groups excluding tert-OH is 1. The largest absolute Gasteiger partial charge is 0.480 e. The van der Waals surface area contributed by atoms with Crippen molar-refractivity contribution >= 4 is 47.3 Å². The number of nitrogens with one attached hydrogen (secondary N) is 4. The molecule has 336 valence electrons. The van der Waals surface area contributed by atoms with Crippen LogP contribution in [-0.2, 0) is 51.2 Å². The molecule has 7 atom stereocenters. The molecule has 0 bridgehead atoms. The highest BCUT2D eigenvalue weighted by Gasteiger charge is 2.43. The maximum atomic E-state index is 13.8. The minimum absolute atomic E-state index is 0.0198. The number of likely N-dealkylation sites (tertiary alicyclic amines) is 3. The van der Waals surface area contributed by atoms with Crippen LogP contribution in [0.1, 0.15) is 69.9 Å². The summed E-state index contributed by atoms with van der Waals surface area (Å²) in [4.78, 5) is 111. The quantitative estimate of drug-likeness (QED) is 0.0945. The number of nitrogens with zero attached hydrogens (tertiary/aromatic N) is 3. The third-order valence-electron chi connectivity index (χ3n) is 11.6. The van der Waals surface area contributed by atoms with E-state index in [0.717, 1.165) is 0 Å². The number of carboxylic acids is 1. The zero-order chi connectivity index (χ0) is 44.9. The number of aliphatic carboxylic acids is 1. The molecule has 0 radical (unpaired) electrons. The summed E-state index contributed by atoms with van der Waals surface area (Å²) in [6, 6.07) is 10.1. The number of carboxylic acid groups (broad SMARTS) is 1. The third kappa shape index (κ3) is 12.4. The molecule has 0 unspecified atom stereocenters. The summed E-state index contributed by atoms with van der Waals surface area (Å²) in [5.41, 5.74) is 7.53. The van der Waals surface area contributed by atoms with E-state index in [9.17, 15) is 48.6 Å². The normalized spacial score (nSPS) is 20.5. The van der Waals surface area contributed by atoms with E-state index in [2.05, 4.69) is 21.3 Å². The average Bonchev–Trinajstić information content (AvgIpc) is 4.06. The van der Waals surface area contributed by atoms with Gasteiger partial charge in [0.05, 0.1) is 19.2 Å². The Kier molecular flexibility index (Phi) is 17.0. The number of aliphatic hydroxyl groups is 1. The van der Waals surface area contributed by atoms with Crippen molar-refractivity contribution in [2.45, 2.75) is 114 Å². The van der Waals surface area contributed by atoms with E-state index in [1.165, 1.54) is 14.7 Å². The van der Waals surface area contributed by atoms with Gasteiger partial charge in [0, 0.05) is 32.5 Å². The zero-order valence-electron chi connectivity index (χ0n) is 35.4. The Hall–Kier alpha value is -5.88. The van der Waals surface area contributed by atoms with Gasteiger partial charge < -0.3 is 51.9 Å². The Morgan fingerprint density at radius 3 is 1.73 bits per heavy atom. The van der Waals surface area contributed by atoms with E-state index in [1.807, 2.05) is 13.8 Å². The van der Waals surface area contributed by atoms with Crippen LogP contribution in [0.5, 0.6) is 0 Å². The Morgan fingerprint density at radius 2 is 1.18 bits per heavy atom. The lowest BCUT2D eigenvalue weighted by Crippen LogP contribution is -2.59. The molecule has 0 spiro atoms. The molecule has 18 heteroatoms. The predicted molar refractivity (Wildman–Crippen MR) is 225 cm³/mol. The van der Waals surface area contributed by atoms with Crippen molar-refractivity contribution in [2.24, 2.45) is 11.7 Å². The van der Waals surface area contributed by atoms with Crippen LogP contribution in [0, 0.1) is 5.92 Å². The molecule has 5 rings (SSSR count). The summed E-state index contributed by atoms with van der Waals surface area (Å²) < 4.78 is 0. The fourth-order valence-electron chi connectivity index (χ4n) is 8.47. The van der Waals surface area contributed by atoms with Crippen molar-refractivity contribution in [1.29, 1.82) is 0 Å². The van der Waals surface area contributed by atoms with Gasteiger partial charge in [-0.15, -0.1) is 0 Å². The highest BCUT2D eigenvalue weighted by molar-refractivity contribution is 5.97. The lowest BCUT2D eigenvalue weighted by Gasteiger charge is -2.32. The van der Waals surface area contributed by atoms with E-state index in [0.29, 0.717) is 62.7 Å². The fraction of sp³-hybridized carbons (Fsp3) is 0.545. The molecule has 0 aromatic heterocycles. The van der Waals surface area contributed by atoms with E-state index in [4.69, 9.17) is 5.73 Å². The van der Waals surface area contributed by atoms with Crippen LogP contribution in [0.3, 0.4) is 0 Å². The first kappa shape index (κ1) is 47.2. The summed E-state index contributed by atoms with van der Waals surface area (Å²) in [5.74, 6) is -5.22. The number of rotatable bonds is 19. The van der Waals surface area contributed by atoms with Gasteiger partial charge in [-0.3, -0.25) is 33.6 Å². The SMILES string of the molecule is CC(C)C[C@H](N)C(=O)N1CCC[C@H]1C(=O)N1CCC[C@H]1C(=O)NCC(=O)N[C@@H](Cc1ccccc1)C(=O)N[C@@H](CO)C(=O)N1CCC[C@H]1C(=O)N[C@@H](Cc1ccccc1)C(=O)O. The molecule has 3 heterocycles. The third-order valence-corrected chi connectivity index (χ3v) is 11.6. The molecule has 7 amide bonds. The Balaban J connectivity index is 1.19. The van der Waals surface area contributed by atoms with E-state index in [-0.39, 0.29) is 43.5 Å². The standard InChI is InChI=1S/C44H60N8O10/c1-27(2)22-30(45)41(58)52-21-11-18-36(52)43(60)51-20-9-16-34(51)39(56)46-25-37(54)47-31(23-28-12-5-3-6-13-28)38(55)49-33(26-53)42(59)50-19-10-17-35(50)40(57)48-32(44(61)62)24-29-14-7-4-8-15-29/h3-8,12-15,27,30-36,53H,9-11,16-26,45H2,1-2H3,(H,46,56)(H,47,54)(H,48,57)(H,49,55)(H,61,62)/t30-,31-,32-,33-,34-,35-,36-/m0/s1. The van der Waals surface area contributed by atoms with Crippen LogP contribution >= 0.6 is 0 Å². The van der Waals surface area contributed by atoms with Crippen LogP contribution in [0.2, 0.25) is 0 Å². The van der Waals surface area contributed by atoms with Gasteiger partial charge in [0.15, 0.2) is 0 Å². The molecule has 8 N–H and O–H groups in total. The van der Waals surface area contributed by atoms with Gasteiger partial charge in [-0.05, 0) is 62.0 Å². The molecular weight excluding hydrogens is 801 g/mol.